The van der Waals surface area contributed by atoms with Crippen LogP contribution in [-0.4, -0.2) is 58.1 Å². The Bertz CT molecular complexity index is 1570. The predicted molar refractivity (Wildman–Crippen MR) is 165 cm³/mol. The molecule has 10 nitrogen and oxygen atoms in total. The molecule has 3 aromatic rings. The van der Waals surface area contributed by atoms with Crippen molar-refractivity contribution in [3.05, 3.63) is 76.6 Å². The number of nitrogens with zero attached hydrogens (tertiary/aromatic N) is 4. The summed E-state index contributed by atoms with van der Waals surface area (Å²) in [6.45, 7) is 2.78. The van der Waals surface area contributed by atoms with Gasteiger partial charge in [-0.3, -0.25) is 9.69 Å². The Morgan fingerprint density at radius 2 is 1.63 bits per heavy atom. The minimum atomic E-state index is -5.06. The van der Waals surface area contributed by atoms with Gasteiger partial charge in [0.15, 0.2) is 5.75 Å². The lowest BCUT2D eigenvalue weighted by molar-refractivity contribution is -0.143. The molecule has 4 rings (SSSR count). The van der Waals surface area contributed by atoms with Crippen molar-refractivity contribution in [3.8, 4) is 5.75 Å². The third-order valence-corrected chi connectivity index (χ3v) is 7.95. The van der Waals surface area contributed by atoms with Gasteiger partial charge in [-0.25, -0.2) is 14.8 Å². The summed E-state index contributed by atoms with van der Waals surface area (Å²) in [5.74, 6) is -0.812. The van der Waals surface area contributed by atoms with E-state index in [9.17, 15) is 35.9 Å². The van der Waals surface area contributed by atoms with Crippen LogP contribution in [0.25, 0.3) is 0 Å². The number of amides is 1. The SMILES string of the molecule is CC[C@@H]1C[C@H](N(Cc2cc(C(F)(F)F)cc(C(F)(F)F)c2)c2ncc(OCCO)cn2)c2cc(C)ccc2N1C(=O)OCCCCC(=O)O. The number of carbonyl (C=O) groups is 2. The van der Waals surface area contributed by atoms with Crippen LogP contribution in [0.5, 0.6) is 5.75 Å². The number of aliphatic hydroxyl groups is 1. The molecule has 0 unspecified atom stereocenters. The fraction of sp³-hybridized carbons (Fsp3) is 0.455. The lowest BCUT2D eigenvalue weighted by Crippen LogP contribution is -2.48. The van der Waals surface area contributed by atoms with Gasteiger partial charge in [0.05, 0.1) is 48.5 Å². The summed E-state index contributed by atoms with van der Waals surface area (Å²) in [5, 5.41) is 18.0. The molecule has 1 aromatic heterocycles. The largest absolute Gasteiger partial charge is 0.488 e. The van der Waals surface area contributed by atoms with Crippen molar-refractivity contribution in [1.29, 1.82) is 0 Å². The summed E-state index contributed by atoms with van der Waals surface area (Å²) in [4.78, 5) is 35.9. The van der Waals surface area contributed by atoms with Crippen molar-refractivity contribution in [2.75, 3.05) is 29.6 Å². The Morgan fingerprint density at radius 3 is 2.20 bits per heavy atom. The highest BCUT2D eigenvalue weighted by Crippen LogP contribution is 2.44. The fourth-order valence-corrected chi connectivity index (χ4v) is 5.67. The second-order valence-electron chi connectivity index (χ2n) is 11.5. The van der Waals surface area contributed by atoms with Gasteiger partial charge in [0.25, 0.3) is 0 Å². The van der Waals surface area contributed by atoms with Crippen LogP contribution in [-0.2, 0) is 28.4 Å². The Balaban J connectivity index is 1.79. The van der Waals surface area contributed by atoms with Crippen LogP contribution in [0.3, 0.4) is 0 Å². The molecule has 49 heavy (non-hydrogen) atoms. The first-order valence-electron chi connectivity index (χ1n) is 15.5. The van der Waals surface area contributed by atoms with E-state index in [1.165, 1.54) is 22.2 Å². The van der Waals surface area contributed by atoms with Gasteiger partial charge in [-0.1, -0.05) is 24.6 Å². The molecule has 2 heterocycles. The molecule has 0 radical (unpaired) electrons. The maximum atomic E-state index is 13.8. The van der Waals surface area contributed by atoms with Gasteiger partial charge in [0.1, 0.15) is 6.61 Å². The van der Waals surface area contributed by atoms with Crippen molar-refractivity contribution >= 4 is 23.7 Å². The number of aryl methyl sites for hydroxylation is 1. The van der Waals surface area contributed by atoms with Gasteiger partial charge in [-0.05, 0) is 68.0 Å². The fourth-order valence-electron chi connectivity index (χ4n) is 5.67. The predicted octanol–water partition coefficient (Wildman–Crippen LogP) is 7.32. The molecule has 16 heteroatoms. The number of fused-ring (bicyclic) bond motifs is 1. The monoisotopic (exact) mass is 698 g/mol. The van der Waals surface area contributed by atoms with Gasteiger partial charge < -0.3 is 24.6 Å². The van der Waals surface area contributed by atoms with Crippen molar-refractivity contribution in [1.82, 2.24) is 9.97 Å². The number of unbranched alkanes of at least 4 members (excludes halogenated alkanes) is 1. The molecule has 2 atom stereocenters. The Labute approximate surface area is 278 Å². The first kappa shape index (κ1) is 37.2. The number of alkyl halides is 6. The molecule has 0 bridgehead atoms. The smallest absolute Gasteiger partial charge is 0.416 e. The van der Waals surface area contributed by atoms with Crippen molar-refractivity contribution in [3.63, 3.8) is 0 Å². The number of benzene rings is 2. The maximum absolute atomic E-state index is 13.8. The molecule has 0 fully saturated rings. The summed E-state index contributed by atoms with van der Waals surface area (Å²) in [6.07, 6.45) is -7.09. The number of carbonyl (C=O) groups excluding carboxylic acids is 1. The molecule has 1 aliphatic heterocycles. The number of halogens is 6. The lowest BCUT2D eigenvalue weighted by Gasteiger charge is -2.44. The number of ether oxygens (including phenoxy) is 2. The Morgan fingerprint density at radius 1 is 0.980 bits per heavy atom. The average molecular weight is 699 g/mol. The normalized spacial score (nSPS) is 16.2. The summed E-state index contributed by atoms with van der Waals surface area (Å²) < 4.78 is 93.7. The van der Waals surface area contributed by atoms with E-state index >= 15 is 0 Å². The second kappa shape index (κ2) is 15.7. The van der Waals surface area contributed by atoms with E-state index in [2.05, 4.69) is 9.97 Å². The zero-order chi connectivity index (χ0) is 35.9. The Kier molecular flexibility index (Phi) is 12.0. The zero-order valence-corrected chi connectivity index (χ0v) is 26.7. The van der Waals surface area contributed by atoms with Gasteiger partial charge in [0, 0.05) is 19.0 Å². The summed E-state index contributed by atoms with van der Waals surface area (Å²) in [6, 6.07) is 5.37. The van der Waals surface area contributed by atoms with Crippen LogP contribution >= 0.6 is 0 Å². The number of anilines is 2. The lowest BCUT2D eigenvalue weighted by atomic mass is 9.87. The van der Waals surface area contributed by atoms with Crippen LogP contribution in [0.15, 0.2) is 48.8 Å². The summed E-state index contributed by atoms with van der Waals surface area (Å²) >= 11 is 0. The summed E-state index contributed by atoms with van der Waals surface area (Å²) in [5.41, 5.74) is -1.48. The number of rotatable bonds is 13. The van der Waals surface area contributed by atoms with E-state index in [-0.39, 0.29) is 56.0 Å². The first-order valence-corrected chi connectivity index (χ1v) is 15.5. The summed E-state index contributed by atoms with van der Waals surface area (Å²) in [7, 11) is 0. The molecular formula is C33H36F6N4O6. The van der Waals surface area contributed by atoms with E-state index in [1.54, 1.807) is 25.1 Å². The first-order chi connectivity index (χ1) is 23.1. The minimum Gasteiger partial charge on any atom is -0.488 e. The van der Waals surface area contributed by atoms with Crippen molar-refractivity contribution in [2.24, 2.45) is 0 Å². The quantitative estimate of drug-likeness (QED) is 0.140. The molecule has 0 aliphatic carbocycles. The second-order valence-corrected chi connectivity index (χ2v) is 11.5. The highest BCUT2D eigenvalue weighted by molar-refractivity contribution is 5.90. The van der Waals surface area contributed by atoms with E-state index in [0.717, 1.165) is 5.56 Å². The molecular weight excluding hydrogens is 662 g/mol. The average Bonchev–Trinajstić information content (AvgIpc) is 3.04. The number of carboxylic acid groups (broad SMARTS) is 1. The van der Waals surface area contributed by atoms with E-state index in [1.807, 2.05) is 6.92 Å². The van der Waals surface area contributed by atoms with Crippen LogP contribution < -0.4 is 14.5 Å². The van der Waals surface area contributed by atoms with Crippen molar-refractivity contribution < 1.29 is 55.6 Å². The number of hydrogen-bond donors (Lipinski definition) is 2. The molecule has 266 valence electrons. The van der Waals surface area contributed by atoms with E-state index in [4.69, 9.17) is 19.7 Å². The van der Waals surface area contributed by atoms with Gasteiger partial charge in [-0.2, -0.15) is 26.3 Å². The maximum Gasteiger partial charge on any atom is 0.416 e. The standard InChI is InChI=1S/C33H36F6N4O6/c1-3-24-16-28(26-12-20(2)7-8-27(26)43(24)31(47)49-10-5-4-6-29(45)46)42(30-40-17-25(18-41-30)48-11-9-44)19-21-13-22(32(34,35)36)15-23(14-21)33(37,38)39/h7-8,12-15,17-18,24,28,44H,3-6,9-11,16,19H2,1-2H3,(H,45,46)/t24-,28+/m1/s1. The number of carboxylic acids is 1. The highest BCUT2D eigenvalue weighted by atomic mass is 19.4. The molecule has 1 amide bonds. The molecule has 2 aromatic carbocycles. The van der Waals surface area contributed by atoms with Gasteiger partial charge in [-0.15, -0.1) is 0 Å². The minimum absolute atomic E-state index is 0.0224. The van der Waals surface area contributed by atoms with Crippen LogP contribution in [0.2, 0.25) is 0 Å². The third kappa shape index (κ3) is 9.52. The van der Waals surface area contributed by atoms with Crippen LogP contribution in [0, 0.1) is 6.92 Å². The van der Waals surface area contributed by atoms with Crippen LogP contribution in [0.1, 0.15) is 72.9 Å². The van der Waals surface area contributed by atoms with Gasteiger partial charge >= 0.3 is 24.4 Å². The highest BCUT2D eigenvalue weighted by Gasteiger charge is 2.41. The molecule has 2 N–H and O–H groups in total. The third-order valence-electron chi connectivity index (χ3n) is 7.95. The number of hydrogen-bond acceptors (Lipinski definition) is 8. The van der Waals surface area contributed by atoms with Crippen molar-refractivity contribution in [2.45, 2.75) is 76.9 Å². The van der Waals surface area contributed by atoms with E-state index < -0.39 is 54.2 Å². The topological polar surface area (TPSA) is 125 Å². The molecule has 0 saturated heterocycles. The molecule has 0 saturated carbocycles. The molecule has 0 spiro atoms. The number of aliphatic hydroxyl groups excluding tert-OH is 1. The van der Waals surface area contributed by atoms with Gasteiger partial charge in [0.2, 0.25) is 5.95 Å². The molecule has 1 aliphatic rings. The zero-order valence-electron chi connectivity index (χ0n) is 26.7. The number of aliphatic carboxylic acids is 1. The van der Waals surface area contributed by atoms with E-state index in [0.29, 0.717) is 42.6 Å². The van der Waals surface area contributed by atoms with Crippen LogP contribution in [0.4, 0.5) is 42.8 Å². The number of aromatic nitrogens is 2. The Hall–Kier alpha value is -4.60.